The van der Waals surface area contributed by atoms with Crippen molar-refractivity contribution in [1.82, 2.24) is 5.32 Å². The summed E-state index contributed by atoms with van der Waals surface area (Å²) in [4.78, 5) is 23.6. The molecule has 0 saturated heterocycles. The molecule has 0 saturated carbocycles. The normalized spacial score (nSPS) is 10.5. The Hall–Kier alpha value is -2.79. The molecule has 2 aromatic carbocycles. The van der Waals surface area contributed by atoms with E-state index < -0.39 is 0 Å². The van der Waals surface area contributed by atoms with Crippen LogP contribution in [0, 0.1) is 0 Å². The number of anilines is 1. The summed E-state index contributed by atoms with van der Waals surface area (Å²) >= 11 is 6.00. The first kappa shape index (κ1) is 18.5. The van der Waals surface area contributed by atoms with Gasteiger partial charge < -0.3 is 15.4 Å². The number of methoxy groups -OCH3 is 1. The topological polar surface area (TPSA) is 67.4 Å². The Bertz CT molecular complexity index is 761. The van der Waals surface area contributed by atoms with Gasteiger partial charge in [0.25, 0.3) is 0 Å². The molecule has 0 bridgehead atoms. The van der Waals surface area contributed by atoms with E-state index in [1.807, 2.05) is 30.3 Å². The van der Waals surface area contributed by atoms with Crippen LogP contribution < -0.4 is 15.4 Å². The van der Waals surface area contributed by atoms with Crippen LogP contribution in [0.5, 0.6) is 5.75 Å². The molecule has 0 atom stereocenters. The first-order valence-electron chi connectivity index (χ1n) is 7.73. The fourth-order valence-electron chi connectivity index (χ4n) is 2.06. The summed E-state index contributed by atoms with van der Waals surface area (Å²) in [5.74, 6) is 0.0786. The third-order valence-electron chi connectivity index (χ3n) is 3.31. The monoisotopic (exact) mass is 358 g/mol. The summed E-state index contributed by atoms with van der Waals surface area (Å²) in [7, 11) is 1.52. The van der Waals surface area contributed by atoms with Gasteiger partial charge in [-0.05, 0) is 29.8 Å². The van der Waals surface area contributed by atoms with Gasteiger partial charge in [0.05, 0.1) is 12.1 Å². The van der Waals surface area contributed by atoms with Crippen molar-refractivity contribution < 1.29 is 14.3 Å². The average molecular weight is 359 g/mol. The Kier molecular flexibility index (Phi) is 7.04. The first-order valence-corrected chi connectivity index (χ1v) is 8.10. The summed E-state index contributed by atoms with van der Waals surface area (Å²) in [5.41, 5.74) is 1.51. The lowest BCUT2D eigenvalue weighted by molar-refractivity contribution is -0.117. The molecule has 130 valence electrons. The molecule has 5 nitrogen and oxygen atoms in total. The van der Waals surface area contributed by atoms with Gasteiger partial charge in [-0.25, -0.2) is 0 Å². The molecule has 0 radical (unpaired) electrons. The Labute approximate surface area is 151 Å². The summed E-state index contributed by atoms with van der Waals surface area (Å²) in [6, 6.07) is 14.5. The van der Waals surface area contributed by atoms with E-state index in [0.717, 1.165) is 5.56 Å². The van der Waals surface area contributed by atoms with Crippen LogP contribution >= 0.6 is 11.6 Å². The number of amides is 2. The van der Waals surface area contributed by atoms with Crippen molar-refractivity contribution in [1.29, 1.82) is 0 Å². The van der Waals surface area contributed by atoms with E-state index in [2.05, 4.69) is 10.6 Å². The average Bonchev–Trinajstić information content (AvgIpc) is 2.61. The van der Waals surface area contributed by atoms with E-state index >= 15 is 0 Å². The highest BCUT2D eigenvalue weighted by Crippen LogP contribution is 2.27. The zero-order valence-electron chi connectivity index (χ0n) is 13.8. The molecule has 2 aromatic rings. The fourth-order valence-corrected chi connectivity index (χ4v) is 2.32. The lowest BCUT2D eigenvalue weighted by Crippen LogP contribution is -2.26. The molecule has 0 aliphatic rings. The smallest absolute Gasteiger partial charge is 0.244 e. The largest absolute Gasteiger partial charge is 0.495 e. The number of nitrogens with one attached hydrogen (secondary N) is 2. The molecule has 25 heavy (non-hydrogen) atoms. The third-order valence-corrected chi connectivity index (χ3v) is 3.61. The van der Waals surface area contributed by atoms with E-state index in [9.17, 15) is 9.59 Å². The third kappa shape index (κ3) is 6.31. The maximum atomic E-state index is 11.9. The second kappa shape index (κ2) is 9.49. The molecule has 6 heteroatoms. The van der Waals surface area contributed by atoms with Gasteiger partial charge in [0.2, 0.25) is 11.8 Å². The van der Waals surface area contributed by atoms with Crippen LogP contribution in [0.15, 0.2) is 54.6 Å². The molecule has 2 amide bonds. The van der Waals surface area contributed by atoms with Gasteiger partial charge in [-0.2, -0.15) is 0 Å². The van der Waals surface area contributed by atoms with Crippen LogP contribution in [-0.4, -0.2) is 25.5 Å². The van der Waals surface area contributed by atoms with Gasteiger partial charge in [0, 0.05) is 24.7 Å². The van der Waals surface area contributed by atoms with E-state index in [-0.39, 0.29) is 24.8 Å². The number of ether oxygens (including phenoxy) is 1. The molecule has 0 aliphatic heterocycles. The number of carbonyl (C=O) groups is 2. The van der Waals surface area contributed by atoms with Gasteiger partial charge in [0.15, 0.2) is 0 Å². The van der Waals surface area contributed by atoms with E-state index in [1.165, 1.54) is 13.2 Å². The number of benzene rings is 2. The fraction of sp³-hybridized carbons (Fsp3) is 0.158. The Morgan fingerprint density at radius 1 is 1.16 bits per heavy atom. The Morgan fingerprint density at radius 3 is 2.60 bits per heavy atom. The molecule has 0 fully saturated rings. The summed E-state index contributed by atoms with van der Waals surface area (Å²) < 4.78 is 5.05. The van der Waals surface area contributed by atoms with E-state index in [0.29, 0.717) is 16.5 Å². The summed E-state index contributed by atoms with van der Waals surface area (Å²) in [5, 5.41) is 5.80. The van der Waals surface area contributed by atoms with Crippen LogP contribution in [0.25, 0.3) is 6.08 Å². The molecule has 2 rings (SSSR count). The molecule has 0 aliphatic carbocycles. The minimum absolute atomic E-state index is 0.161. The van der Waals surface area contributed by atoms with Crippen molar-refractivity contribution in [3.8, 4) is 5.75 Å². The zero-order chi connectivity index (χ0) is 18.1. The van der Waals surface area contributed by atoms with Gasteiger partial charge >= 0.3 is 0 Å². The minimum atomic E-state index is -0.246. The van der Waals surface area contributed by atoms with Crippen LogP contribution in [-0.2, 0) is 9.59 Å². The second-order valence-electron chi connectivity index (χ2n) is 5.18. The second-order valence-corrected chi connectivity index (χ2v) is 5.59. The van der Waals surface area contributed by atoms with E-state index in [1.54, 1.807) is 24.3 Å². The molecule has 0 unspecified atom stereocenters. The van der Waals surface area contributed by atoms with Crippen molar-refractivity contribution in [3.05, 3.63) is 65.2 Å². The summed E-state index contributed by atoms with van der Waals surface area (Å²) in [6.07, 6.45) is 3.32. The van der Waals surface area contributed by atoms with Crippen LogP contribution in [0.3, 0.4) is 0 Å². The first-order chi connectivity index (χ1) is 12.1. The maximum absolute atomic E-state index is 11.9. The predicted octanol–water partition coefficient (Wildman–Crippen LogP) is 3.51. The van der Waals surface area contributed by atoms with Gasteiger partial charge in [-0.3, -0.25) is 9.59 Å². The van der Waals surface area contributed by atoms with Crippen molar-refractivity contribution in [2.45, 2.75) is 6.42 Å². The van der Waals surface area contributed by atoms with Gasteiger partial charge in [-0.15, -0.1) is 0 Å². The van der Waals surface area contributed by atoms with Crippen LogP contribution in [0.4, 0.5) is 5.69 Å². The lowest BCUT2D eigenvalue weighted by Gasteiger charge is -2.08. The Morgan fingerprint density at radius 2 is 1.92 bits per heavy atom. The highest BCUT2D eigenvalue weighted by molar-refractivity contribution is 6.32. The van der Waals surface area contributed by atoms with Crippen LogP contribution in [0.2, 0.25) is 5.02 Å². The predicted molar refractivity (Wildman–Crippen MR) is 99.7 cm³/mol. The number of hydrogen-bond donors (Lipinski definition) is 2. The summed E-state index contributed by atoms with van der Waals surface area (Å²) in [6.45, 7) is 0.244. The molecule has 0 spiro atoms. The van der Waals surface area contributed by atoms with Crippen molar-refractivity contribution in [2.75, 3.05) is 19.0 Å². The number of halogens is 1. The minimum Gasteiger partial charge on any atom is -0.495 e. The SMILES string of the molecule is COc1ccc(NC(=O)CCNC(=O)/C=C/c2ccccc2)cc1Cl. The maximum Gasteiger partial charge on any atom is 0.244 e. The van der Waals surface area contributed by atoms with Crippen molar-refractivity contribution in [3.63, 3.8) is 0 Å². The van der Waals surface area contributed by atoms with E-state index in [4.69, 9.17) is 16.3 Å². The highest BCUT2D eigenvalue weighted by Gasteiger charge is 2.06. The molecule has 0 heterocycles. The van der Waals surface area contributed by atoms with Gasteiger partial charge in [0.1, 0.15) is 5.75 Å². The molecular formula is C19H19ClN2O3. The quantitative estimate of drug-likeness (QED) is 0.744. The Balaban J connectivity index is 1.74. The van der Waals surface area contributed by atoms with Gasteiger partial charge in [-0.1, -0.05) is 41.9 Å². The lowest BCUT2D eigenvalue weighted by atomic mass is 10.2. The van der Waals surface area contributed by atoms with Crippen molar-refractivity contribution >= 4 is 35.2 Å². The van der Waals surface area contributed by atoms with Crippen LogP contribution in [0.1, 0.15) is 12.0 Å². The standard InChI is InChI=1S/C19H19ClN2O3/c1-25-17-9-8-15(13-16(17)20)22-19(24)11-12-21-18(23)10-7-14-5-3-2-4-6-14/h2-10,13H,11-12H2,1H3,(H,21,23)(H,22,24)/b10-7+. The zero-order valence-corrected chi connectivity index (χ0v) is 14.5. The molecular weight excluding hydrogens is 340 g/mol. The molecule has 0 aromatic heterocycles. The number of carbonyl (C=O) groups excluding carboxylic acids is 2. The van der Waals surface area contributed by atoms with Crippen molar-refractivity contribution in [2.24, 2.45) is 0 Å². The number of rotatable bonds is 7. The number of hydrogen-bond acceptors (Lipinski definition) is 3. The highest BCUT2D eigenvalue weighted by atomic mass is 35.5. The molecule has 2 N–H and O–H groups in total.